The SMILES string of the molecule is O=C1C(Nc2cccc(C(F)(F)F)c2)=C(c2ccc(Cl)cc2)C(=O)N1Cc1ccncc1. The summed E-state index contributed by atoms with van der Waals surface area (Å²) in [6.45, 7) is -0.00888. The van der Waals surface area contributed by atoms with Gasteiger partial charge >= 0.3 is 6.18 Å². The fourth-order valence-electron chi connectivity index (χ4n) is 3.31. The maximum Gasteiger partial charge on any atom is 0.416 e. The van der Waals surface area contributed by atoms with E-state index >= 15 is 0 Å². The molecule has 2 aromatic carbocycles. The van der Waals surface area contributed by atoms with Crippen LogP contribution in [0.2, 0.25) is 5.02 Å². The van der Waals surface area contributed by atoms with Crippen molar-refractivity contribution >= 4 is 34.7 Å². The number of carbonyl (C=O) groups excluding carboxylic acids is 2. The largest absolute Gasteiger partial charge is 0.416 e. The van der Waals surface area contributed by atoms with Gasteiger partial charge in [0.2, 0.25) is 0 Å². The minimum atomic E-state index is -4.55. The van der Waals surface area contributed by atoms with Crippen molar-refractivity contribution in [1.29, 1.82) is 0 Å². The van der Waals surface area contributed by atoms with E-state index in [0.717, 1.165) is 17.0 Å². The van der Waals surface area contributed by atoms with Crippen LogP contribution in [0.3, 0.4) is 0 Å². The average molecular weight is 458 g/mol. The summed E-state index contributed by atoms with van der Waals surface area (Å²) in [4.78, 5) is 31.3. The van der Waals surface area contributed by atoms with Gasteiger partial charge in [-0.1, -0.05) is 29.8 Å². The molecule has 0 unspecified atom stereocenters. The van der Waals surface area contributed by atoms with Crippen LogP contribution in [-0.4, -0.2) is 21.7 Å². The summed E-state index contributed by atoms with van der Waals surface area (Å²) in [5, 5.41) is 3.17. The molecule has 0 atom stereocenters. The van der Waals surface area contributed by atoms with Gasteiger partial charge in [0, 0.05) is 23.1 Å². The molecule has 4 rings (SSSR count). The van der Waals surface area contributed by atoms with Crippen LogP contribution in [0.5, 0.6) is 0 Å². The van der Waals surface area contributed by atoms with Crippen LogP contribution < -0.4 is 5.32 Å². The number of hydrogen-bond donors (Lipinski definition) is 1. The number of nitrogens with one attached hydrogen (secondary N) is 1. The van der Waals surface area contributed by atoms with E-state index in [4.69, 9.17) is 11.6 Å². The van der Waals surface area contributed by atoms with Crippen molar-refractivity contribution < 1.29 is 22.8 Å². The standard InChI is InChI=1S/C23H15ClF3N3O2/c24-17-6-4-15(5-7-17)19-20(29-18-3-1-2-16(12-18)23(25,26)27)22(32)30(21(19)31)13-14-8-10-28-11-9-14/h1-12,29H,13H2. The number of hydrogen-bond acceptors (Lipinski definition) is 4. The van der Waals surface area contributed by atoms with E-state index in [9.17, 15) is 22.8 Å². The summed E-state index contributed by atoms with van der Waals surface area (Å²) in [7, 11) is 0. The van der Waals surface area contributed by atoms with Gasteiger partial charge in [0.05, 0.1) is 17.7 Å². The zero-order valence-electron chi connectivity index (χ0n) is 16.4. The zero-order valence-corrected chi connectivity index (χ0v) is 17.1. The predicted octanol–water partition coefficient (Wildman–Crippen LogP) is 5.15. The Labute approximate surface area is 186 Å². The molecule has 162 valence electrons. The minimum absolute atomic E-state index is 0.00888. The Balaban J connectivity index is 1.75. The van der Waals surface area contributed by atoms with E-state index in [1.54, 1.807) is 36.4 Å². The quantitative estimate of drug-likeness (QED) is 0.538. The highest BCUT2D eigenvalue weighted by Gasteiger charge is 2.39. The number of halogens is 4. The Morgan fingerprint density at radius 1 is 0.938 bits per heavy atom. The number of nitrogens with zero attached hydrogens (tertiary/aromatic N) is 2. The fourth-order valence-corrected chi connectivity index (χ4v) is 3.43. The van der Waals surface area contributed by atoms with Gasteiger partial charge in [0.1, 0.15) is 5.70 Å². The molecule has 2 amide bonds. The number of amides is 2. The number of anilines is 1. The Hall–Kier alpha value is -3.65. The number of carbonyl (C=O) groups is 2. The second-order valence-electron chi connectivity index (χ2n) is 7.01. The Morgan fingerprint density at radius 2 is 1.62 bits per heavy atom. The zero-order chi connectivity index (χ0) is 22.9. The Kier molecular flexibility index (Phi) is 5.71. The molecular formula is C23H15ClF3N3O2. The van der Waals surface area contributed by atoms with Crippen LogP contribution in [0.25, 0.3) is 5.57 Å². The first-order valence-corrected chi connectivity index (χ1v) is 9.81. The van der Waals surface area contributed by atoms with Gasteiger partial charge in [-0.25, -0.2) is 0 Å². The highest BCUT2D eigenvalue weighted by molar-refractivity contribution is 6.36. The second-order valence-corrected chi connectivity index (χ2v) is 7.45. The highest BCUT2D eigenvalue weighted by Crippen LogP contribution is 2.34. The maximum atomic E-state index is 13.2. The first-order valence-electron chi connectivity index (χ1n) is 9.43. The molecule has 1 N–H and O–H groups in total. The molecule has 3 aromatic rings. The monoisotopic (exact) mass is 457 g/mol. The molecule has 0 spiro atoms. The molecule has 1 aliphatic heterocycles. The molecule has 0 saturated carbocycles. The van der Waals surface area contributed by atoms with Crippen LogP contribution in [0, 0.1) is 0 Å². The molecule has 0 fully saturated rings. The lowest BCUT2D eigenvalue weighted by Gasteiger charge is -2.15. The smallest absolute Gasteiger partial charge is 0.350 e. The molecule has 1 aromatic heterocycles. The molecule has 0 radical (unpaired) electrons. The Bertz CT molecular complexity index is 1210. The third kappa shape index (κ3) is 4.36. The number of pyridine rings is 1. The average Bonchev–Trinajstić information content (AvgIpc) is 2.99. The molecule has 0 aliphatic carbocycles. The number of aromatic nitrogens is 1. The topological polar surface area (TPSA) is 62.3 Å². The van der Waals surface area contributed by atoms with E-state index < -0.39 is 23.6 Å². The van der Waals surface area contributed by atoms with E-state index in [1.807, 2.05) is 0 Å². The van der Waals surface area contributed by atoms with Crippen molar-refractivity contribution in [2.24, 2.45) is 0 Å². The fraction of sp³-hybridized carbons (Fsp3) is 0.0870. The van der Waals surface area contributed by atoms with Gasteiger partial charge in [-0.15, -0.1) is 0 Å². The maximum absolute atomic E-state index is 13.2. The third-order valence-corrected chi connectivity index (χ3v) is 5.10. The van der Waals surface area contributed by atoms with Gasteiger partial charge in [-0.3, -0.25) is 19.5 Å². The second kappa shape index (κ2) is 8.47. The first kappa shape index (κ1) is 21.6. The van der Waals surface area contributed by atoms with Crippen LogP contribution in [0.1, 0.15) is 16.7 Å². The van der Waals surface area contributed by atoms with E-state index in [2.05, 4.69) is 10.3 Å². The lowest BCUT2D eigenvalue weighted by atomic mass is 10.0. The molecule has 2 heterocycles. The Morgan fingerprint density at radius 3 is 2.28 bits per heavy atom. The summed E-state index contributed by atoms with van der Waals surface area (Å²) in [5.74, 6) is -1.21. The van der Waals surface area contributed by atoms with E-state index in [0.29, 0.717) is 16.1 Å². The molecule has 9 heteroatoms. The van der Waals surface area contributed by atoms with E-state index in [-0.39, 0.29) is 23.5 Å². The summed E-state index contributed by atoms with van der Waals surface area (Å²) in [5.41, 5.74) is 0.204. The van der Waals surface area contributed by atoms with Crippen LogP contribution >= 0.6 is 11.6 Å². The van der Waals surface area contributed by atoms with E-state index in [1.165, 1.54) is 24.5 Å². The summed E-state index contributed by atoms with van der Waals surface area (Å²) in [6.07, 6.45) is -1.47. The predicted molar refractivity (Wildman–Crippen MR) is 113 cm³/mol. The van der Waals surface area contributed by atoms with Crippen molar-refractivity contribution in [1.82, 2.24) is 9.88 Å². The molecule has 0 bridgehead atoms. The lowest BCUT2D eigenvalue weighted by Crippen LogP contribution is -2.32. The molecule has 5 nitrogen and oxygen atoms in total. The van der Waals surface area contributed by atoms with Gasteiger partial charge in [-0.2, -0.15) is 13.2 Å². The minimum Gasteiger partial charge on any atom is -0.350 e. The number of rotatable bonds is 5. The lowest BCUT2D eigenvalue weighted by molar-refractivity contribution is -0.138. The van der Waals surface area contributed by atoms with Crippen molar-refractivity contribution in [3.8, 4) is 0 Å². The van der Waals surface area contributed by atoms with Crippen molar-refractivity contribution in [2.75, 3.05) is 5.32 Å². The normalized spacial score (nSPS) is 14.3. The number of alkyl halides is 3. The molecular weight excluding hydrogens is 443 g/mol. The summed E-state index contributed by atoms with van der Waals surface area (Å²) in [6, 6.07) is 14.0. The molecule has 1 aliphatic rings. The summed E-state index contributed by atoms with van der Waals surface area (Å²) >= 11 is 5.94. The number of imide groups is 1. The summed E-state index contributed by atoms with van der Waals surface area (Å²) < 4.78 is 39.4. The van der Waals surface area contributed by atoms with Gasteiger partial charge in [0.15, 0.2) is 0 Å². The molecule has 32 heavy (non-hydrogen) atoms. The number of benzene rings is 2. The van der Waals surface area contributed by atoms with Gasteiger partial charge in [0.25, 0.3) is 11.8 Å². The van der Waals surface area contributed by atoms with Crippen LogP contribution in [0.15, 0.2) is 78.8 Å². The van der Waals surface area contributed by atoms with Crippen LogP contribution in [0.4, 0.5) is 18.9 Å². The van der Waals surface area contributed by atoms with Crippen molar-refractivity contribution in [3.63, 3.8) is 0 Å². The van der Waals surface area contributed by atoms with Gasteiger partial charge in [-0.05, 0) is 53.6 Å². The molecule has 0 saturated heterocycles. The van der Waals surface area contributed by atoms with Gasteiger partial charge < -0.3 is 5.32 Å². The highest BCUT2D eigenvalue weighted by atomic mass is 35.5. The van der Waals surface area contributed by atoms with Crippen molar-refractivity contribution in [3.05, 3.63) is 100 Å². The first-order chi connectivity index (χ1) is 15.2. The van der Waals surface area contributed by atoms with Crippen LogP contribution in [-0.2, 0) is 22.3 Å². The third-order valence-electron chi connectivity index (χ3n) is 4.85. The van der Waals surface area contributed by atoms with Crippen molar-refractivity contribution in [2.45, 2.75) is 12.7 Å².